The summed E-state index contributed by atoms with van der Waals surface area (Å²) in [5.74, 6) is -0.909. The van der Waals surface area contributed by atoms with Crippen LogP contribution < -0.4 is 15.5 Å². The van der Waals surface area contributed by atoms with E-state index in [1.54, 1.807) is 6.92 Å². The number of rotatable bonds is 4. The van der Waals surface area contributed by atoms with Crippen molar-refractivity contribution in [1.29, 1.82) is 0 Å². The molecular formula is C15H22FN4O4S+. The lowest BCUT2D eigenvalue weighted by Crippen LogP contribution is -3.19. The fraction of sp³-hybridized carbons (Fsp3) is 0.467. The van der Waals surface area contributed by atoms with Crippen molar-refractivity contribution in [3.63, 3.8) is 0 Å². The molecule has 1 saturated heterocycles. The highest BCUT2D eigenvalue weighted by atomic mass is 32.2. The molecule has 1 fully saturated rings. The minimum atomic E-state index is -3.68. The molecule has 0 aliphatic carbocycles. The number of carbonyl (C=O) groups excluding carboxylic acids is 2. The Balaban J connectivity index is 1.98. The standard InChI is InChI=1S/C15H21FN4O4S/c1-11(14(21)18-15(22)17-2)19-7-9-20(10-8-19)25(23,24)13-5-3-12(16)4-6-13/h3-6,11H,7-10H2,1-2H3,(H2,17,18,21,22)/p+1/t11-/m1/s1. The highest BCUT2D eigenvalue weighted by Gasteiger charge is 2.34. The number of imide groups is 1. The van der Waals surface area contributed by atoms with E-state index in [0.29, 0.717) is 13.1 Å². The molecule has 0 aromatic heterocycles. The summed E-state index contributed by atoms with van der Waals surface area (Å²) < 4.78 is 39.4. The molecule has 8 nitrogen and oxygen atoms in total. The summed E-state index contributed by atoms with van der Waals surface area (Å²) in [6.07, 6.45) is 0. The Morgan fingerprint density at radius 3 is 2.28 bits per heavy atom. The van der Waals surface area contributed by atoms with Gasteiger partial charge in [-0.3, -0.25) is 10.1 Å². The first kappa shape index (κ1) is 19.3. The highest BCUT2D eigenvalue weighted by molar-refractivity contribution is 7.89. The third kappa shape index (κ3) is 4.53. The molecule has 1 atom stereocenters. The molecule has 1 aromatic carbocycles. The van der Waals surface area contributed by atoms with Crippen LogP contribution in [0.4, 0.5) is 9.18 Å². The van der Waals surface area contributed by atoms with Crippen LogP contribution in [0.5, 0.6) is 0 Å². The van der Waals surface area contributed by atoms with Crippen molar-refractivity contribution in [2.75, 3.05) is 33.2 Å². The third-order valence-electron chi connectivity index (χ3n) is 4.29. The average Bonchev–Trinajstić information content (AvgIpc) is 2.61. The highest BCUT2D eigenvalue weighted by Crippen LogP contribution is 2.16. The second-order valence-electron chi connectivity index (χ2n) is 5.81. The largest absolute Gasteiger partial charge is 0.341 e. The second kappa shape index (κ2) is 7.89. The number of halogens is 1. The molecule has 3 N–H and O–H groups in total. The number of sulfonamides is 1. The maximum atomic E-state index is 13.0. The Labute approximate surface area is 146 Å². The van der Waals surface area contributed by atoms with Crippen LogP contribution in [-0.4, -0.2) is 63.9 Å². The number of hydrogen-bond acceptors (Lipinski definition) is 4. The zero-order chi connectivity index (χ0) is 18.6. The van der Waals surface area contributed by atoms with Crippen molar-refractivity contribution in [2.45, 2.75) is 17.9 Å². The normalized spacial score (nSPS) is 17.7. The minimum Gasteiger partial charge on any atom is -0.341 e. The number of carbonyl (C=O) groups is 2. The van der Waals surface area contributed by atoms with Crippen LogP contribution in [0.2, 0.25) is 0 Å². The lowest BCUT2D eigenvalue weighted by atomic mass is 10.2. The van der Waals surface area contributed by atoms with E-state index >= 15 is 0 Å². The topological polar surface area (TPSA) is 100 Å². The summed E-state index contributed by atoms with van der Waals surface area (Å²) in [5.41, 5.74) is 0. The van der Waals surface area contributed by atoms with Crippen molar-refractivity contribution >= 4 is 22.0 Å². The predicted octanol–water partition coefficient (Wildman–Crippen LogP) is -1.44. The Morgan fingerprint density at radius 2 is 1.76 bits per heavy atom. The van der Waals surface area contributed by atoms with Crippen molar-refractivity contribution in [3.05, 3.63) is 30.1 Å². The lowest BCUT2D eigenvalue weighted by Gasteiger charge is -2.34. The van der Waals surface area contributed by atoms with Crippen LogP contribution in [0.1, 0.15) is 6.92 Å². The van der Waals surface area contributed by atoms with Crippen LogP contribution in [0, 0.1) is 5.82 Å². The van der Waals surface area contributed by atoms with E-state index in [2.05, 4.69) is 10.6 Å². The van der Waals surface area contributed by atoms with Crippen LogP contribution in [0.15, 0.2) is 29.2 Å². The smallest absolute Gasteiger partial charge is 0.321 e. The van der Waals surface area contributed by atoms with Gasteiger partial charge in [-0.05, 0) is 31.2 Å². The van der Waals surface area contributed by atoms with Crippen LogP contribution >= 0.6 is 0 Å². The van der Waals surface area contributed by atoms with E-state index in [1.807, 2.05) is 0 Å². The van der Waals surface area contributed by atoms with Crippen LogP contribution in [0.3, 0.4) is 0 Å². The molecule has 2 rings (SSSR count). The van der Waals surface area contributed by atoms with Crippen LogP contribution in [0.25, 0.3) is 0 Å². The van der Waals surface area contributed by atoms with Gasteiger partial charge >= 0.3 is 6.03 Å². The summed E-state index contributed by atoms with van der Waals surface area (Å²) in [6.45, 7) is 3.04. The molecule has 0 unspecified atom stereocenters. The van der Waals surface area contributed by atoms with Gasteiger partial charge in [0.05, 0.1) is 31.1 Å². The minimum absolute atomic E-state index is 0.0442. The second-order valence-corrected chi connectivity index (χ2v) is 7.74. The van der Waals surface area contributed by atoms with Gasteiger partial charge in [-0.15, -0.1) is 0 Å². The van der Waals surface area contributed by atoms with Gasteiger partial charge < -0.3 is 10.2 Å². The number of nitrogens with zero attached hydrogens (tertiary/aromatic N) is 1. The van der Waals surface area contributed by atoms with Gasteiger partial charge in [0.25, 0.3) is 5.91 Å². The quantitative estimate of drug-likeness (QED) is 0.602. The molecule has 0 spiro atoms. The SMILES string of the molecule is CNC(=O)NC(=O)[C@@H](C)[NH+]1CCN(S(=O)(=O)c2ccc(F)cc2)CC1. The summed E-state index contributed by atoms with van der Waals surface area (Å²) in [6, 6.07) is 3.65. The van der Waals surface area contributed by atoms with Crippen LogP contribution in [-0.2, 0) is 14.8 Å². The van der Waals surface area contributed by atoms with E-state index in [-0.39, 0.29) is 18.0 Å². The number of hydrogen-bond donors (Lipinski definition) is 3. The molecule has 1 aliphatic heterocycles. The number of urea groups is 1. The Hall–Kier alpha value is -2.04. The molecule has 25 heavy (non-hydrogen) atoms. The van der Waals surface area contributed by atoms with Gasteiger partial charge in [0.15, 0.2) is 6.04 Å². The van der Waals surface area contributed by atoms with Gasteiger partial charge in [-0.25, -0.2) is 17.6 Å². The van der Waals surface area contributed by atoms with E-state index in [0.717, 1.165) is 17.0 Å². The summed E-state index contributed by atoms with van der Waals surface area (Å²) in [4.78, 5) is 24.1. The molecule has 0 bridgehead atoms. The molecule has 0 radical (unpaired) electrons. The maximum absolute atomic E-state index is 13.0. The third-order valence-corrected chi connectivity index (χ3v) is 6.20. The Morgan fingerprint density at radius 1 is 1.20 bits per heavy atom. The first-order chi connectivity index (χ1) is 11.8. The fourth-order valence-corrected chi connectivity index (χ4v) is 4.11. The zero-order valence-electron chi connectivity index (χ0n) is 14.1. The summed E-state index contributed by atoms with van der Waals surface area (Å²) in [5, 5.41) is 4.53. The molecule has 138 valence electrons. The number of piperazine rings is 1. The molecular weight excluding hydrogens is 351 g/mol. The van der Waals surface area contributed by atoms with Gasteiger partial charge in [0.2, 0.25) is 10.0 Å². The molecule has 10 heteroatoms. The van der Waals surface area contributed by atoms with E-state index in [4.69, 9.17) is 0 Å². The van der Waals surface area contributed by atoms with Gasteiger partial charge in [-0.2, -0.15) is 4.31 Å². The predicted molar refractivity (Wildman–Crippen MR) is 87.9 cm³/mol. The summed E-state index contributed by atoms with van der Waals surface area (Å²) in [7, 11) is -2.27. The van der Waals surface area contributed by atoms with Crippen molar-refractivity contribution in [3.8, 4) is 0 Å². The van der Waals surface area contributed by atoms with E-state index in [9.17, 15) is 22.4 Å². The van der Waals surface area contributed by atoms with E-state index < -0.39 is 33.8 Å². The first-order valence-electron chi connectivity index (χ1n) is 7.88. The molecule has 1 heterocycles. The van der Waals surface area contributed by atoms with E-state index in [1.165, 1.54) is 23.5 Å². The summed E-state index contributed by atoms with van der Waals surface area (Å²) >= 11 is 0. The van der Waals surface area contributed by atoms with Crippen molar-refractivity contribution in [2.24, 2.45) is 0 Å². The zero-order valence-corrected chi connectivity index (χ0v) is 14.9. The Bertz CT molecular complexity index is 730. The van der Waals surface area contributed by atoms with Crippen molar-refractivity contribution in [1.82, 2.24) is 14.9 Å². The number of amides is 3. The number of benzene rings is 1. The molecule has 3 amide bonds. The maximum Gasteiger partial charge on any atom is 0.321 e. The fourth-order valence-electron chi connectivity index (χ4n) is 2.67. The van der Waals surface area contributed by atoms with Gasteiger partial charge in [0, 0.05) is 7.05 Å². The molecule has 0 saturated carbocycles. The Kier molecular flexibility index (Phi) is 6.09. The molecule has 1 aliphatic rings. The average molecular weight is 373 g/mol. The first-order valence-corrected chi connectivity index (χ1v) is 9.32. The van der Waals surface area contributed by atoms with Gasteiger partial charge in [0.1, 0.15) is 5.82 Å². The number of nitrogens with one attached hydrogen (secondary N) is 3. The van der Waals surface area contributed by atoms with Gasteiger partial charge in [-0.1, -0.05) is 0 Å². The lowest BCUT2D eigenvalue weighted by molar-refractivity contribution is -0.917. The molecule has 1 aromatic rings. The monoisotopic (exact) mass is 373 g/mol. The number of quaternary nitrogens is 1. The van der Waals surface area contributed by atoms with Crippen molar-refractivity contribution < 1.29 is 27.3 Å².